The molecule has 132 valence electrons. The van der Waals surface area contributed by atoms with E-state index in [2.05, 4.69) is 26.2 Å². The molecule has 0 spiro atoms. The number of carbonyl (C=O) groups excluding carboxylic acids is 2. The van der Waals surface area contributed by atoms with Crippen LogP contribution >= 0.6 is 27.3 Å². The fraction of sp³-hybridized carbons (Fsp3) is 0.0556. The molecular formula is C18H12BrFN2O3S. The van der Waals surface area contributed by atoms with Crippen molar-refractivity contribution >= 4 is 44.3 Å². The Morgan fingerprint density at radius 1 is 1.15 bits per heavy atom. The highest BCUT2D eigenvalue weighted by Crippen LogP contribution is 2.25. The number of carbonyl (C=O) groups is 2. The molecule has 1 aromatic heterocycles. The lowest BCUT2D eigenvalue weighted by molar-refractivity contribution is -0.119. The van der Waals surface area contributed by atoms with Gasteiger partial charge in [0.25, 0.3) is 5.91 Å². The highest BCUT2D eigenvalue weighted by atomic mass is 79.9. The molecule has 0 aliphatic rings. The largest absolute Gasteiger partial charge is 0.452 e. The predicted molar refractivity (Wildman–Crippen MR) is 101 cm³/mol. The second-order valence-electron chi connectivity index (χ2n) is 5.15. The third-order valence-electron chi connectivity index (χ3n) is 3.32. The molecule has 26 heavy (non-hydrogen) atoms. The molecule has 0 aliphatic heterocycles. The van der Waals surface area contributed by atoms with Crippen LogP contribution in [0.2, 0.25) is 0 Å². The number of ether oxygens (including phenoxy) is 1. The summed E-state index contributed by atoms with van der Waals surface area (Å²) in [5, 5.41) is 4.68. The molecule has 1 heterocycles. The molecule has 5 nitrogen and oxygen atoms in total. The predicted octanol–water partition coefficient (Wildman–Crippen LogP) is 4.51. The van der Waals surface area contributed by atoms with Crippen LogP contribution in [0.1, 0.15) is 10.4 Å². The Labute approximate surface area is 161 Å². The third kappa shape index (κ3) is 4.53. The number of rotatable bonds is 5. The molecule has 2 aromatic carbocycles. The lowest BCUT2D eigenvalue weighted by Gasteiger charge is -2.06. The number of esters is 1. The summed E-state index contributed by atoms with van der Waals surface area (Å²) >= 11 is 4.48. The minimum Gasteiger partial charge on any atom is -0.452 e. The number of hydrogen-bond acceptors (Lipinski definition) is 5. The van der Waals surface area contributed by atoms with Crippen LogP contribution in [0.4, 0.5) is 9.52 Å². The fourth-order valence-corrected chi connectivity index (χ4v) is 3.26. The van der Waals surface area contributed by atoms with E-state index in [9.17, 15) is 14.0 Å². The number of thiazole rings is 1. The average molecular weight is 435 g/mol. The van der Waals surface area contributed by atoms with Crippen LogP contribution in [0, 0.1) is 5.82 Å². The molecule has 1 N–H and O–H groups in total. The third-order valence-corrected chi connectivity index (χ3v) is 4.77. The van der Waals surface area contributed by atoms with Crippen molar-refractivity contribution in [2.75, 3.05) is 11.9 Å². The lowest BCUT2D eigenvalue weighted by Crippen LogP contribution is -2.21. The molecule has 0 fully saturated rings. The van der Waals surface area contributed by atoms with Gasteiger partial charge in [0.2, 0.25) is 0 Å². The van der Waals surface area contributed by atoms with Crippen LogP contribution in [0.25, 0.3) is 11.3 Å². The molecule has 0 unspecified atom stereocenters. The minimum atomic E-state index is -0.598. The molecule has 0 bridgehead atoms. The molecule has 1 amide bonds. The molecule has 3 aromatic rings. The summed E-state index contributed by atoms with van der Waals surface area (Å²) < 4.78 is 18.6. The van der Waals surface area contributed by atoms with Gasteiger partial charge in [-0.1, -0.05) is 12.1 Å². The summed E-state index contributed by atoms with van der Waals surface area (Å²) in [7, 11) is 0. The first kappa shape index (κ1) is 18.2. The van der Waals surface area contributed by atoms with Crippen molar-refractivity contribution in [2.24, 2.45) is 0 Å². The zero-order chi connectivity index (χ0) is 18.5. The van der Waals surface area contributed by atoms with Gasteiger partial charge < -0.3 is 4.74 Å². The van der Waals surface area contributed by atoms with Gasteiger partial charge in [-0.25, -0.2) is 14.2 Å². The monoisotopic (exact) mass is 434 g/mol. The zero-order valence-electron chi connectivity index (χ0n) is 13.2. The van der Waals surface area contributed by atoms with Crippen molar-refractivity contribution in [3.63, 3.8) is 0 Å². The highest BCUT2D eigenvalue weighted by Gasteiger charge is 2.14. The maximum absolute atomic E-state index is 13.0. The Balaban J connectivity index is 1.56. The second kappa shape index (κ2) is 8.20. The number of amides is 1. The molecule has 0 radical (unpaired) electrons. The standard InChI is InChI=1S/C18H12BrFN2O3S/c19-14-4-2-1-3-13(14)17(24)25-9-16(23)22-18-21-15(10-26-18)11-5-7-12(20)8-6-11/h1-8,10H,9H2,(H,21,22,23). The average Bonchev–Trinajstić information content (AvgIpc) is 3.09. The maximum atomic E-state index is 13.0. The normalized spacial score (nSPS) is 10.4. The highest BCUT2D eigenvalue weighted by molar-refractivity contribution is 9.10. The SMILES string of the molecule is O=C(COC(=O)c1ccccc1Br)Nc1nc(-c2ccc(F)cc2)cs1. The van der Waals surface area contributed by atoms with Gasteiger partial charge in [0.15, 0.2) is 11.7 Å². The Morgan fingerprint density at radius 2 is 1.88 bits per heavy atom. The van der Waals surface area contributed by atoms with Gasteiger partial charge in [-0.05, 0) is 52.3 Å². The summed E-state index contributed by atoms with van der Waals surface area (Å²) in [6.07, 6.45) is 0. The lowest BCUT2D eigenvalue weighted by atomic mass is 10.2. The van der Waals surface area contributed by atoms with Crippen LogP contribution in [0.5, 0.6) is 0 Å². The van der Waals surface area contributed by atoms with E-state index in [4.69, 9.17) is 4.74 Å². The topological polar surface area (TPSA) is 68.3 Å². The van der Waals surface area contributed by atoms with Crippen molar-refractivity contribution in [1.82, 2.24) is 4.98 Å². The van der Waals surface area contributed by atoms with E-state index in [1.807, 2.05) is 0 Å². The number of nitrogens with zero attached hydrogens (tertiary/aromatic N) is 1. The van der Waals surface area contributed by atoms with Gasteiger partial charge in [-0.15, -0.1) is 11.3 Å². The smallest absolute Gasteiger partial charge is 0.339 e. The fourth-order valence-electron chi connectivity index (χ4n) is 2.08. The Morgan fingerprint density at radius 3 is 2.62 bits per heavy atom. The summed E-state index contributed by atoms with van der Waals surface area (Å²) in [6, 6.07) is 12.7. The molecule has 0 saturated carbocycles. The molecule has 8 heteroatoms. The second-order valence-corrected chi connectivity index (χ2v) is 6.86. The summed E-state index contributed by atoms with van der Waals surface area (Å²) in [5.41, 5.74) is 1.70. The number of hydrogen-bond donors (Lipinski definition) is 1. The number of halogens is 2. The van der Waals surface area contributed by atoms with Crippen molar-refractivity contribution in [3.8, 4) is 11.3 Å². The Kier molecular flexibility index (Phi) is 5.75. The van der Waals surface area contributed by atoms with Crippen molar-refractivity contribution in [2.45, 2.75) is 0 Å². The van der Waals surface area contributed by atoms with Gasteiger partial charge >= 0.3 is 5.97 Å². The van der Waals surface area contributed by atoms with Gasteiger partial charge in [-0.3, -0.25) is 10.1 Å². The number of benzene rings is 2. The first-order valence-electron chi connectivity index (χ1n) is 7.46. The first-order valence-corrected chi connectivity index (χ1v) is 9.13. The van der Waals surface area contributed by atoms with Gasteiger partial charge in [0.1, 0.15) is 5.82 Å². The number of aromatic nitrogens is 1. The molecule has 0 atom stereocenters. The van der Waals surface area contributed by atoms with Crippen LogP contribution < -0.4 is 5.32 Å². The molecule has 0 aliphatic carbocycles. The Bertz CT molecular complexity index is 944. The van der Waals surface area contributed by atoms with Gasteiger partial charge in [-0.2, -0.15) is 0 Å². The van der Waals surface area contributed by atoms with Crippen LogP contribution in [-0.2, 0) is 9.53 Å². The van der Waals surface area contributed by atoms with E-state index in [1.165, 1.54) is 23.5 Å². The van der Waals surface area contributed by atoms with E-state index >= 15 is 0 Å². The Hall–Kier alpha value is -2.58. The quantitative estimate of drug-likeness (QED) is 0.599. The number of nitrogens with one attached hydrogen (secondary N) is 1. The molecular weight excluding hydrogens is 423 g/mol. The molecule has 3 rings (SSSR count). The van der Waals surface area contributed by atoms with Crippen molar-refractivity contribution in [1.29, 1.82) is 0 Å². The van der Waals surface area contributed by atoms with Crippen LogP contribution in [-0.4, -0.2) is 23.5 Å². The first-order chi connectivity index (χ1) is 12.5. The number of anilines is 1. The summed E-state index contributed by atoms with van der Waals surface area (Å²) in [5.74, 6) is -1.42. The summed E-state index contributed by atoms with van der Waals surface area (Å²) in [4.78, 5) is 28.2. The van der Waals surface area contributed by atoms with E-state index in [0.717, 1.165) is 5.56 Å². The van der Waals surface area contributed by atoms with E-state index in [1.54, 1.807) is 41.8 Å². The van der Waals surface area contributed by atoms with E-state index in [-0.39, 0.29) is 5.82 Å². The van der Waals surface area contributed by atoms with Crippen LogP contribution in [0.15, 0.2) is 58.4 Å². The van der Waals surface area contributed by atoms with Crippen molar-refractivity contribution in [3.05, 3.63) is 69.8 Å². The summed E-state index contributed by atoms with van der Waals surface area (Å²) in [6.45, 7) is -0.425. The minimum absolute atomic E-state index is 0.329. The zero-order valence-corrected chi connectivity index (χ0v) is 15.6. The van der Waals surface area contributed by atoms with Gasteiger partial charge in [0, 0.05) is 15.4 Å². The van der Waals surface area contributed by atoms with E-state index < -0.39 is 18.5 Å². The van der Waals surface area contributed by atoms with Gasteiger partial charge in [0.05, 0.1) is 11.3 Å². The van der Waals surface area contributed by atoms with Crippen LogP contribution in [0.3, 0.4) is 0 Å². The maximum Gasteiger partial charge on any atom is 0.339 e. The van der Waals surface area contributed by atoms with Crippen molar-refractivity contribution < 1.29 is 18.7 Å². The van der Waals surface area contributed by atoms with E-state index in [0.29, 0.717) is 20.9 Å². The molecule has 0 saturated heterocycles.